The van der Waals surface area contributed by atoms with Gasteiger partial charge in [-0.05, 0) is 26.0 Å². The number of carbonyl (C=O) groups is 1. The van der Waals surface area contributed by atoms with Gasteiger partial charge in [-0.3, -0.25) is 0 Å². The summed E-state index contributed by atoms with van der Waals surface area (Å²) < 4.78 is 23.7. The van der Waals surface area contributed by atoms with E-state index in [0.717, 1.165) is 0 Å². The van der Waals surface area contributed by atoms with E-state index in [2.05, 4.69) is 9.72 Å². The van der Waals surface area contributed by atoms with Crippen molar-refractivity contribution in [2.75, 3.05) is 13.7 Å². The minimum atomic E-state index is -0.577. The number of methoxy groups -OCH3 is 1. The van der Waals surface area contributed by atoms with Crippen LogP contribution in [0.15, 0.2) is 18.2 Å². The molecule has 0 N–H and O–H groups in total. The van der Waals surface area contributed by atoms with E-state index in [-0.39, 0.29) is 11.5 Å². The van der Waals surface area contributed by atoms with Crippen LogP contribution >= 0.6 is 0 Å². The molecule has 0 bridgehead atoms. The van der Waals surface area contributed by atoms with E-state index in [9.17, 15) is 9.18 Å². The quantitative estimate of drug-likeness (QED) is 0.799. The summed E-state index contributed by atoms with van der Waals surface area (Å²) in [4.78, 5) is 15.7. The topological polar surface area (TPSA) is 48.4 Å². The van der Waals surface area contributed by atoms with Crippen molar-refractivity contribution in [1.82, 2.24) is 4.98 Å². The van der Waals surface area contributed by atoms with E-state index in [4.69, 9.17) is 4.74 Å². The minimum absolute atomic E-state index is 0.104. The summed E-state index contributed by atoms with van der Waals surface area (Å²) in [5.74, 6) is -0.452. The van der Waals surface area contributed by atoms with Crippen molar-refractivity contribution in [2.24, 2.45) is 0 Å². The number of rotatable bonds is 3. The molecule has 2 rings (SSSR count). The van der Waals surface area contributed by atoms with Crippen LogP contribution in [-0.4, -0.2) is 24.7 Å². The molecule has 0 aliphatic carbocycles. The van der Waals surface area contributed by atoms with Gasteiger partial charge in [0, 0.05) is 17.0 Å². The number of fused-ring (bicyclic) bond motifs is 1. The van der Waals surface area contributed by atoms with Gasteiger partial charge in [0.1, 0.15) is 11.6 Å². The van der Waals surface area contributed by atoms with Crippen LogP contribution in [0.25, 0.3) is 10.9 Å². The molecule has 2 aromatic rings. The first-order chi connectivity index (χ1) is 9.08. The zero-order valence-electron chi connectivity index (χ0n) is 11.0. The van der Waals surface area contributed by atoms with E-state index in [0.29, 0.717) is 28.8 Å². The summed E-state index contributed by atoms with van der Waals surface area (Å²) in [6.45, 7) is 3.89. The Kier molecular flexibility index (Phi) is 3.64. The van der Waals surface area contributed by atoms with Crippen LogP contribution in [0.2, 0.25) is 0 Å². The number of pyridine rings is 1. The summed E-state index contributed by atoms with van der Waals surface area (Å²) >= 11 is 0. The number of aromatic nitrogens is 1. The standard InChI is InChI=1S/C14H14FNO3/c1-4-19-12-7-11(14(17)18-3)16-13-8(2)10(15)6-5-9(12)13/h5-7H,4H2,1-3H3. The predicted octanol–water partition coefficient (Wildman–Crippen LogP) is 2.87. The number of hydrogen-bond acceptors (Lipinski definition) is 4. The lowest BCUT2D eigenvalue weighted by atomic mass is 10.1. The van der Waals surface area contributed by atoms with Crippen LogP contribution in [0, 0.1) is 12.7 Å². The van der Waals surface area contributed by atoms with Gasteiger partial charge in [0.05, 0.1) is 19.2 Å². The van der Waals surface area contributed by atoms with Crippen LogP contribution < -0.4 is 4.74 Å². The molecule has 0 fully saturated rings. The van der Waals surface area contributed by atoms with Crippen molar-refractivity contribution in [1.29, 1.82) is 0 Å². The first-order valence-corrected chi connectivity index (χ1v) is 5.89. The molecule has 19 heavy (non-hydrogen) atoms. The number of aryl methyl sites for hydroxylation is 1. The maximum atomic E-state index is 13.6. The predicted molar refractivity (Wildman–Crippen MR) is 68.9 cm³/mol. The second-order valence-corrected chi connectivity index (χ2v) is 4.00. The zero-order valence-corrected chi connectivity index (χ0v) is 11.0. The zero-order chi connectivity index (χ0) is 14.0. The van der Waals surface area contributed by atoms with Crippen molar-refractivity contribution in [3.8, 4) is 5.75 Å². The van der Waals surface area contributed by atoms with Crippen LogP contribution in [0.3, 0.4) is 0 Å². The smallest absolute Gasteiger partial charge is 0.356 e. The lowest BCUT2D eigenvalue weighted by Gasteiger charge is -2.11. The van der Waals surface area contributed by atoms with Crippen molar-refractivity contribution in [3.63, 3.8) is 0 Å². The average molecular weight is 263 g/mol. The molecule has 0 amide bonds. The molecule has 5 heteroatoms. The largest absolute Gasteiger partial charge is 0.493 e. The molecular weight excluding hydrogens is 249 g/mol. The summed E-state index contributed by atoms with van der Waals surface area (Å²) in [6, 6.07) is 4.46. The van der Waals surface area contributed by atoms with Gasteiger partial charge in [-0.2, -0.15) is 0 Å². The molecule has 100 valence electrons. The molecular formula is C14H14FNO3. The first-order valence-electron chi connectivity index (χ1n) is 5.89. The SMILES string of the molecule is CCOc1cc(C(=O)OC)nc2c(C)c(F)ccc12. The van der Waals surface area contributed by atoms with Crippen molar-refractivity contribution in [2.45, 2.75) is 13.8 Å². The van der Waals surface area contributed by atoms with Crippen molar-refractivity contribution in [3.05, 3.63) is 35.3 Å². The van der Waals surface area contributed by atoms with E-state index in [1.807, 2.05) is 6.92 Å². The van der Waals surface area contributed by atoms with E-state index >= 15 is 0 Å². The fourth-order valence-electron chi connectivity index (χ4n) is 1.86. The number of ether oxygens (including phenoxy) is 2. The van der Waals surface area contributed by atoms with Gasteiger partial charge in [-0.25, -0.2) is 14.2 Å². The molecule has 0 aliphatic rings. The average Bonchev–Trinajstić information content (AvgIpc) is 2.42. The van der Waals surface area contributed by atoms with Gasteiger partial charge in [0.2, 0.25) is 0 Å². The molecule has 0 saturated heterocycles. The fourth-order valence-corrected chi connectivity index (χ4v) is 1.86. The summed E-state index contributed by atoms with van der Waals surface area (Å²) in [5.41, 5.74) is 0.891. The van der Waals surface area contributed by atoms with Crippen LogP contribution in [0.4, 0.5) is 4.39 Å². The molecule has 1 aromatic heterocycles. The lowest BCUT2D eigenvalue weighted by molar-refractivity contribution is 0.0594. The van der Waals surface area contributed by atoms with Gasteiger partial charge in [-0.1, -0.05) is 0 Å². The second kappa shape index (κ2) is 5.22. The van der Waals surface area contributed by atoms with Gasteiger partial charge >= 0.3 is 5.97 Å². The van der Waals surface area contributed by atoms with Gasteiger partial charge in [0.25, 0.3) is 0 Å². The third kappa shape index (κ3) is 2.36. The van der Waals surface area contributed by atoms with E-state index < -0.39 is 5.97 Å². The highest BCUT2D eigenvalue weighted by atomic mass is 19.1. The Morgan fingerprint density at radius 2 is 2.16 bits per heavy atom. The molecule has 0 unspecified atom stereocenters. The number of halogens is 1. The van der Waals surface area contributed by atoms with Crippen LogP contribution in [0.5, 0.6) is 5.75 Å². The lowest BCUT2D eigenvalue weighted by Crippen LogP contribution is -2.06. The Morgan fingerprint density at radius 1 is 1.42 bits per heavy atom. The van der Waals surface area contributed by atoms with Gasteiger partial charge < -0.3 is 9.47 Å². The van der Waals surface area contributed by atoms with Crippen LogP contribution in [-0.2, 0) is 4.74 Å². The number of carbonyl (C=O) groups excluding carboxylic acids is 1. The highest BCUT2D eigenvalue weighted by Gasteiger charge is 2.15. The maximum absolute atomic E-state index is 13.6. The Bertz CT molecular complexity index is 640. The summed E-state index contributed by atoms with van der Waals surface area (Å²) in [6.07, 6.45) is 0. The first kappa shape index (κ1) is 13.3. The van der Waals surface area contributed by atoms with Crippen molar-refractivity contribution < 1.29 is 18.7 Å². The van der Waals surface area contributed by atoms with Crippen LogP contribution in [0.1, 0.15) is 23.0 Å². The molecule has 0 radical (unpaired) electrons. The molecule has 1 aromatic carbocycles. The Hall–Kier alpha value is -2.17. The highest BCUT2D eigenvalue weighted by molar-refractivity contribution is 5.95. The Balaban J connectivity index is 2.76. The Labute approximate surface area is 110 Å². The number of benzene rings is 1. The monoisotopic (exact) mass is 263 g/mol. The van der Waals surface area contributed by atoms with Crippen molar-refractivity contribution >= 4 is 16.9 Å². The van der Waals surface area contributed by atoms with Gasteiger partial charge in [-0.15, -0.1) is 0 Å². The Morgan fingerprint density at radius 3 is 2.79 bits per heavy atom. The fraction of sp³-hybridized carbons (Fsp3) is 0.286. The third-order valence-corrected chi connectivity index (χ3v) is 2.82. The minimum Gasteiger partial charge on any atom is -0.493 e. The second-order valence-electron chi connectivity index (χ2n) is 4.00. The normalized spacial score (nSPS) is 10.5. The number of nitrogens with zero attached hydrogens (tertiary/aromatic N) is 1. The number of esters is 1. The molecule has 0 atom stereocenters. The summed E-state index contributed by atoms with van der Waals surface area (Å²) in [7, 11) is 1.27. The molecule has 4 nitrogen and oxygen atoms in total. The maximum Gasteiger partial charge on any atom is 0.356 e. The molecule has 0 aliphatic heterocycles. The molecule has 0 saturated carbocycles. The summed E-state index contributed by atoms with van der Waals surface area (Å²) in [5, 5.41) is 0.674. The number of hydrogen-bond donors (Lipinski definition) is 0. The third-order valence-electron chi connectivity index (χ3n) is 2.82. The van der Waals surface area contributed by atoms with E-state index in [1.54, 1.807) is 13.0 Å². The highest BCUT2D eigenvalue weighted by Crippen LogP contribution is 2.29. The molecule has 0 spiro atoms. The van der Waals surface area contributed by atoms with Gasteiger partial charge in [0.15, 0.2) is 5.69 Å². The molecule has 1 heterocycles. The van der Waals surface area contributed by atoms with E-state index in [1.165, 1.54) is 19.2 Å².